The summed E-state index contributed by atoms with van der Waals surface area (Å²) in [6.07, 6.45) is 0.386. The van der Waals surface area contributed by atoms with Crippen molar-refractivity contribution in [3.05, 3.63) is 59.2 Å². The molecule has 0 aliphatic rings. The number of esters is 1. The average molecular weight is 600 g/mol. The number of amides is 3. The number of benzene rings is 2. The maximum absolute atomic E-state index is 14.4. The van der Waals surface area contributed by atoms with Crippen molar-refractivity contribution in [1.82, 2.24) is 15.5 Å². The van der Waals surface area contributed by atoms with Crippen LogP contribution in [0.3, 0.4) is 0 Å². The first-order valence-electron chi connectivity index (χ1n) is 14.6. The van der Waals surface area contributed by atoms with Gasteiger partial charge < -0.3 is 35.2 Å². The molecule has 0 saturated carbocycles. The first-order chi connectivity index (χ1) is 20.3. The number of carbonyl (C=O) groups is 4. The van der Waals surface area contributed by atoms with Crippen molar-refractivity contribution in [2.75, 3.05) is 19.7 Å². The molecule has 2 aromatic carbocycles. The Hall–Kier alpha value is -4.28. The minimum atomic E-state index is -1.27. The standard InChI is InChI=1S/C32H45N3O8/c1-7-9-19-35(27(24-12-10-11-21(3)28(24)38)29(39)33-18-17-26(37)42-8-2)30(40)25(34-31(41)43-32(4,5)6)20-22-13-15-23(36)16-14-22/h10-16,25,27,36,38H,7-9,17-20H2,1-6H3,(H,33,39)(H,34,41). The van der Waals surface area contributed by atoms with Crippen LogP contribution in [-0.4, -0.2) is 70.3 Å². The Morgan fingerprint density at radius 3 is 2.28 bits per heavy atom. The van der Waals surface area contributed by atoms with Crippen molar-refractivity contribution in [2.24, 2.45) is 0 Å². The van der Waals surface area contributed by atoms with Gasteiger partial charge in [-0.2, -0.15) is 0 Å². The van der Waals surface area contributed by atoms with E-state index < -0.39 is 41.6 Å². The zero-order chi connectivity index (χ0) is 32.2. The Labute approximate surface area is 253 Å². The Bertz CT molecular complexity index is 1240. The van der Waals surface area contributed by atoms with Gasteiger partial charge in [0.2, 0.25) is 11.8 Å². The highest BCUT2D eigenvalue weighted by molar-refractivity contribution is 5.93. The van der Waals surface area contributed by atoms with E-state index in [1.54, 1.807) is 65.0 Å². The summed E-state index contributed by atoms with van der Waals surface area (Å²) in [4.78, 5) is 54.3. The van der Waals surface area contributed by atoms with Crippen LogP contribution in [-0.2, 0) is 30.3 Å². The van der Waals surface area contributed by atoms with Gasteiger partial charge in [0.25, 0.3) is 0 Å². The summed E-state index contributed by atoms with van der Waals surface area (Å²) < 4.78 is 10.4. The second kappa shape index (κ2) is 16.4. The molecule has 0 aromatic heterocycles. The predicted octanol–water partition coefficient (Wildman–Crippen LogP) is 4.28. The molecule has 0 bridgehead atoms. The lowest BCUT2D eigenvalue weighted by molar-refractivity contribution is -0.144. The van der Waals surface area contributed by atoms with Crippen LogP contribution >= 0.6 is 0 Å². The van der Waals surface area contributed by atoms with Crippen LogP contribution < -0.4 is 10.6 Å². The number of aryl methyl sites for hydroxylation is 1. The van der Waals surface area contributed by atoms with Crippen molar-refractivity contribution < 1.29 is 38.9 Å². The topological polar surface area (TPSA) is 154 Å². The first kappa shape index (κ1) is 34.9. The molecule has 11 heteroatoms. The molecule has 11 nitrogen and oxygen atoms in total. The molecule has 2 rings (SSSR count). The second-order valence-electron chi connectivity index (χ2n) is 11.2. The number of aromatic hydroxyl groups is 2. The molecular formula is C32H45N3O8. The summed E-state index contributed by atoms with van der Waals surface area (Å²) in [5.74, 6) is -1.75. The number of phenolic OH excluding ortho intramolecular Hbond substituents is 2. The van der Waals surface area contributed by atoms with Crippen LogP contribution in [0.2, 0.25) is 0 Å². The summed E-state index contributed by atoms with van der Waals surface area (Å²) >= 11 is 0. The molecule has 0 aliphatic heterocycles. The lowest BCUT2D eigenvalue weighted by atomic mass is 9.97. The number of nitrogens with one attached hydrogen (secondary N) is 2. The molecule has 0 saturated heterocycles. The Morgan fingerprint density at radius 2 is 1.67 bits per heavy atom. The lowest BCUT2D eigenvalue weighted by Gasteiger charge is -2.35. The number of phenols is 2. The minimum absolute atomic E-state index is 0.0380. The number of rotatable bonds is 14. The van der Waals surface area contributed by atoms with Gasteiger partial charge in [0, 0.05) is 25.1 Å². The van der Waals surface area contributed by atoms with Gasteiger partial charge in [0.1, 0.15) is 29.2 Å². The molecule has 0 radical (unpaired) electrons. The maximum atomic E-state index is 14.4. The lowest BCUT2D eigenvalue weighted by Crippen LogP contribution is -2.54. The number of ether oxygens (including phenoxy) is 2. The molecule has 4 N–H and O–H groups in total. The quantitative estimate of drug-likeness (QED) is 0.235. The summed E-state index contributed by atoms with van der Waals surface area (Å²) in [5.41, 5.74) is 0.541. The number of hydrogen-bond donors (Lipinski definition) is 4. The van der Waals surface area contributed by atoms with E-state index in [-0.39, 0.29) is 49.6 Å². The highest BCUT2D eigenvalue weighted by atomic mass is 16.6. The number of unbranched alkanes of at least 4 members (excludes halogenated alkanes) is 1. The number of nitrogens with zero attached hydrogens (tertiary/aromatic N) is 1. The molecule has 0 heterocycles. The number of para-hydroxylation sites is 1. The van der Waals surface area contributed by atoms with Crippen LogP contribution in [0.5, 0.6) is 11.5 Å². The SMILES string of the molecule is CCCCN(C(=O)C(Cc1ccc(O)cc1)NC(=O)OC(C)(C)C)C(C(=O)NCCC(=O)OCC)c1cccc(C)c1O. The minimum Gasteiger partial charge on any atom is -0.508 e. The fraction of sp³-hybridized carbons (Fsp3) is 0.500. The Balaban J connectivity index is 2.55. The van der Waals surface area contributed by atoms with Gasteiger partial charge in [-0.1, -0.05) is 43.7 Å². The molecule has 236 valence electrons. The fourth-order valence-corrected chi connectivity index (χ4v) is 4.38. The van der Waals surface area contributed by atoms with E-state index in [9.17, 15) is 29.4 Å². The monoisotopic (exact) mass is 599 g/mol. The molecule has 0 spiro atoms. The Morgan fingerprint density at radius 1 is 1.00 bits per heavy atom. The van der Waals surface area contributed by atoms with E-state index in [2.05, 4.69) is 10.6 Å². The second-order valence-corrected chi connectivity index (χ2v) is 11.2. The van der Waals surface area contributed by atoms with Gasteiger partial charge in [-0.05, 0) is 64.3 Å². The largest absolute Gasteiger partial charge is 0.508 e. The molecule has 2 atom stereocenters. The third kappa shape index (κ3) is 11.1. The van der Waals surface area contributed by atoms with Gasteiger partial charge in [0.05, 0.1) is 13.0 Å². The average Bonchev–Trinajstić information content (AvgIpc) is 2.92. The predicted molar refractivity (Wildman–Crippen MR) is 161 cm³/mol. The molecular weight excluding hydrogens is 554 g/mol. The van der Waals surface area contributed by atoms with Gasteiger partial charge in [-0.3, -0.25) is 14.4 Å². The maximum Gasteiger partial charge on any atom is 0.408 e. The third-order valence-electron chi connectivity index (χ3n) is 6.46. The van der Waals surface area contributed by atoms with Crippen LogP contribution in [0.15, 0.2) is 42.5 Å². The highest BCUT2D eigenvalue weighted by Crippen LogP contribution is 2.32. The van der Waals surface area contributed by atoms with Gasteiger partial charge in [-0.15, -0.1) is 0 Å². The number of carbonyl (C=O) groups excluding carboxylic acids is 4. The van der Waals surface area contributed by atoms with Crippen LogP contribution in [0.4, 0.5) is 4.79 Å². The van der Waals surface area contributed by atoms with E-state index >= 15 is 0 Å². The van der Waals surface area contributed by atoms with Gasteiger partial charge in [-0.25, -0.2) is 4.79 Å². The van der Waals surface area contributed by atoms with Gasteiger partial charge >= 0.3 is 12.1 Å². The highest BCUT2D eigenvalue weighted by Gasteiger charge is 2.37. The zero-order valence-corrected chi connectivity index (χ0v) is 25.9. The van der Waals surface area contributed by atoms with Crippen molar-refractivity contribution in [3.63, 3.8) is 0 Å². The summed E-state index contributed by atoms with van der Waals surface area (Å²) in [6.45, 7) is 10.7. The number of hydrogen-bond acceptors (Lipinski definition) is 8. The molecule has 2 unspecified atom stereocenters. The van der Waals surface area contributed by atoms with Crippen LogP contribution in [0, 0.1) is 6.92 Å². The van der Waals surface area contributed by atoms with Crippen molar-refractivity contribution >= 4 is 23.9 Å². The van der Waals surface area contributed by atoms with E-state index in [4.69, 9.17) is 9.47 Å². The Kier molecular flexibility index (Phi) is 13.3. The van der Waals surface area contributed by atoms with E-state index in [1.165, 1.54) is 17.0 Å². The molecule has 0 aliphatic carbocycles. The van der Waals surface area contributed by atoms with Crippen LogP contribution in [0.25, 0.3) is 0 Å². The summed E-state index contributed by atoms with van der Waals surface area (Å²) in [6, 6.07) is 8.72. The smallest absolute Gasteiger partial charge is 0.408 e. The van der Waals surface area contributed by atoms with E-state index in [0.717, 1.165) is 0 Å². The third-order valence-corrected chi connectivity index (χ3v) is 6.46. The molecule has 0 fully saturated rings. The van der Waals surface area contributed by atoms with Gasteiger partial charge in [0.15, 0.2) is 0 Å². The first-order valence-corrected chi connectivity index (χ1v) is 14.6. The van der Waals surface area contributed by atoms with Crippen molar-refractivity contribution in [3.8, 4) is 11.5 Å². The molecule has 2 aromatic rings. The number of alkyl carbamates (subject to hydrolysis) is 1. The van der Waals surface area contributed by atoms with Crippen molar-refractivity contribution in [1.29, 1.82) is 0 Å². The molecule has 3 amide bonds. The normalized spacial score (nSPS) is 12.5. The zero-order valence-electron chi connectivity index (χ0n) is 25.9. The van der Waals surface area contributed by atoms with E-state index in [1.807, 2.05) is 6.92 Å². The fourth-order valence-electron chi connectivity index (χ4n) is 4.38. The summed E-state index contributed by atoms with van der Waals surface area (Å²) in [5, 5.41) is 26.1. The van der Waals surface area contributed by atoms with Crippen LogP contribution in [0.1, 0.15) is 76.6 Å². The molecule has 43 heavy (non-hydrogen) atoms. The summed E-state index contributed by atoms with van der Waals surface area (Å²) in [7, 11) is 0. The van der Waals surface area contributed by atoms with Crippen molar-refractivity contribution in [2.45, 2.75) is 84.9 Å². The van der Waals surface area contributed by atoms with E-state index in [0.29, 0.717) is 24.0 Å².